The summed E-state index contributed by atoms with van der Waals surface area (Å²) in [6.45, 7) is 5.12. The molecule has 25 heavy (non-hydrogen) atoms. The van der Waals surface area contributed by atoms with Crippen LogP contribution in [0.1, 0.15) is 19.8 Å². The number of thiazole rings is 1. The van der Waals surface area contributed by atoms with Crippen molar-refractivity contribution in [1.82, 2.24) is 10.3 Å². The van der Waals surface area contributed by atoms with Crippen molar-refractivity contribution < 1.29 is 9.53 Å². The minimum Gasteiger partial charge on any atom is -0.492 e. The van der Waals surface area contributed by atoms with Crippen molar-refractivity contribution in [3.05, 3.63) is 35.8 Å². The summed E-state index contributed by atoms with van der Waals surface area (Å²) in [6, 6.07) is 7.27. The number of para-hydroxylation sites is 2. The lowest BCUT2D eigenvalue weighted by atomic mass is 9.98. The number of carbonyl (C=O) groups excluding carboxylic acids is 1. The molecule has 2 amide bonds. The first-order valence-corrected chi connectivity index (χ1v) is 9.55. The largest absolute Gasteiger partial charge is 0.492 e. The summed E-state index contributed by atoms with van der Waals surface area (Å²) in [5, 5.41) is 8.93. The molecule has 6 nitrogen and oxygen atoms in total. The van der Waals surface area contributed by atoms with Crippen LogP contribution in [0.5, 0.6) is 5.75 Å². The van der Waals surface area contributed by atoms with Gasteiger partial charge in [0, 0.05) is 31.2 Å². The fourth-order valence-corrected chi connectivity index (χ4v) is 3.71. The number of benzene rings is 1. The average Bonchev–Trinajstić information content (AvgIpc) is 3.17. The van der Waals surface area contributed by atoms with Gasteiger partial charge in [-0.1, -0.05) is 12.1 Å². The molecule has 1 aliphatic heterocycles. The number of hydrogen-bond acceptors (Lipinski definition) is 5. The minimum absolute atomic E-state index is 0.196. The molecule has 1 unspecified atom stereocenters. The number of ether oxygens (including phenoxy) is 1. The lowest BCUT2D eigenvalue weighted by molar-refractivity contribution is 0.249. The lowest BCUT2D eigenvalue weighted by Gasteiger charge is -2.32. The molecular formula is C18H24N4O2S. The second-order valence-electron chi connectivity index (χ2n) is 6.03. The van der Waals surface area contributed by atoms with Gasteiger partial charge in [0.2, 0.25) is 0 Å². The fourth-order valence-electron chi connectivity index (χ4n) is 3.03. The van der Waals surface area contributed by atoms with Gasteiger partial charge in [-0.2, -0.15) is 0 Å². The van der Waals surface area contributed by atoms with E-state index in [2.05, 4.69) is 20.5 Å². The molecule has 1 aromatic carbocycles. The highest BCUT2D eigenvalue weighted by atomic mass is 32.1. The van der Waals surface area contributed by atoms with Crippen LogP contribution in [-0.2, 0) is 0 Å². The molecular weight excluding hydrogens is 336 g/mol. The van der Waals surface area contributed by atoms with Crippen molar-refractivity contribution in [2.24, 2.45) is 5.92 Å². The van der Waals surface area contributed by atoms with Gasteiger partial charge in [0.05, 0.1) is 12.3 Å². The lowest BCUT2D eigenvalue weighted by Crippen LogP contribution is -2.42. The summed E-state index contributed by atoms with van der Waals surface area (Å²) in [6.07, 6.45) is 4.09. The number of amides is 2. The molecule has 0 saturated carbocycles. The van der Waals surface area contributed by atoms with Gasteiger partial charge in [-0.25, -0.2) is 9.78 Å². The Labute approximate surface area is 152 Å². The van der Waals surface area contributed by atoms with Gasteiger partial charge >= 0.3 is 6.03 Å². The second-order valence-corrected chi connectivity index (χ2v) is 6.91. The monoisotopic (exact) mass is 360 g/mol. The molecule has 2 N–H and O–H groups in total. The summed E-state index contributed by atoms with van der Waals surface area (Å²) >= 11 is 1.67. The van der Waals surface area contributed by atoms with Crippen LogP contribution >= 0.6 is 11.3 Å². The van der Waals surface area contributed by atoms with Gasteiger partial charge < -0.3 is 20.3 Å². The molecule has 1 atom stereocenters. The molecule has 3 rings (SSSR count). The number of carbonyl (C=O) groups is 1. The van der Waals surface area contributed by atoms with Gasteiger partial charge in [0.1, 0.15) is 5.75 Å². The van der Waals surface area contributed by atoms with Crippen LogP contribution in [0, 0.1) is 5.92 Å². The van der Waals surface area contributed by atoms with Gasteiger partial charge in [-0.3, -0.25) is 0 Å². The van der Waals surface area contributed by atoms with E-state index in [4.69, 9.17) is 4.74 Å². The van der Waals surface area contributed by atoms with E-state index in [1.165, 1.54) is 0 Å². The Bertz CT molecular complexity index is 677. The maximum absolute atomic E-state index is 12.2. The average molecular weight is 360 g/mol. The van der Waals surface area contributed by atoms with Gasteiger partial charge in [0.15, 0.2) is 5.13 Å². The van der Waals surface area contributed by atoms with E-state index in [0.29, 0.717) is 30.5 Å². The summed E-state index contributed by atoms with van der Waals surface area (Å²) in [4.78, 5) is 18.9. The normalized spacial score (nSPS) is 17.2. The van der Waals surface area contributed by atoms with Crippen molar-refractivity contribution in [2.75, 3.05) is 36.5 Å². The van der Waals surface area contributed by atoms with Gasteiger partial charge in [0.25, 0.3) is 0 Å². The highest BCUT2D eigenvalue weighted by Gasteiger charge is 2.22. The summed E-state index contributed by atoms with van der Waals surface area (Å²) in [5.74, 6) is 1.12. The van der Waals surface area contributed by atoms with E-state index in [9.17, 15) is 4.79 Å². The fraction of sp³-hybridized carbons (Fsp3) is 0.444. The van der Waals surface area contributed by atoms with Crippen LogP contribution in [0.2, 0.25) is 0 Å². The molecule has 1 saturated heterocycles. The number of urea groups is 1. The number of hydrogen-bond donors (Lipinski definition) is 2. The van der Waals surface area contributed by atoms with E-state index in [0.717, 1.165) is 31.1 Å². The van der Waals surface area contributed by atoms with Crippen LogP contribution < -0.4 is 20.3 Å². The Balaban J connectivity index is 1.49. The third kappa shape index (κ3) is 4.85. The van der Waals surface area contributed by atoms with E-state index in [1.54, 1.807) is 11.3 Å². The quantitative estimate of drug-likeness (QED) is 0.826. The van der Waals surface area contributed by atoms with E-state index >= 15 is 0 Å². The van der Waals surface area contributed by atoms with Crippen molar-refractivity contribution in [1.29, 1.82) is 0 Å². The molecule has 2 heterocycles. The minimum atomic E-state index is -0.196. The number of piperidine rings is 1. The predicted octanol–water partition coefficient (Wildman–Crippen LogP) is 3.58. The summed E-state index contributed by atoms with van der Waals surface area (Å²) < 4.78 is 5.53. The second kappa shape index (κ2) is 8.71. The first-order valence-electron chi connectivity index (χ1n) is 8.67. The van der Waals surface area contributed by atoms with Crippen LogP contribution in [0.3, 0.4) is 0 Å². The highest BCUT2D eigenvalue weighted by Crippen LogP contribution is 2.25. The standard InChI is InChI=1S/C18H24N4O2S/c1-2-24-16-8-4-3-7-15(16)21-17(23)20-12-14-6-5-10-22(13-14)18-19-9-11-25-18/h3-4,7-9,11,14H,2,5-6,10,12-13H2,1H3,(H2,20,21,23). The van der Waals surface area contributed by atoms with Crippen molar-refractivity contribution in [2.45, 2.75) is 19.8 Å². The van der Waals surface area contributed by atoms with E-state index in [1.807, 2.05) is 42.8 Å². The summed E-state index contributed by atoms with van der Waals surface area (Å²) in [7, 11) is 0. The molecule has 1 aliphatic rings. The third-order valence-corrected chi connectivity index (χ3v) is 5.03. The Morgan fingerprint density at radius 1 is 1.44 bits per heavy atom. The molecule has 134 valence electrons. The molecule has 0 radical (unpaired) electrons. The zero-order valence-corrected chi connectivity index (χ0v) is 15.2. The van der Waals surface area contributed by atoms with Gasteiger partial charge in [-0.05, 0) is 37.8 Å². The SMILES string of the molecule is CCOc1ccccc1NC(=O)NCC1CCCN(c2nccs2)C1. The topological polar surface area (TPSA) is 66.5 Å². The Hall–Kier alpha value is -2.28. The number of nitrogens with one attached hydrogen (secondary N) is 2. The smallest absolute Gasteiger partial charge is 0.319 e. The molecule has 2 aromatic rings. The first-order chi connectivity index (χ1) is 12.3. The zero-order valence-electron chi connectivity index (χ0n) is 14.4. The zero-order chi connectivity index (χ0) is 17.5. The van der Waals surface area contributed by atoms with E-state index < -0.39 is 0 Å². The predicted molar refractivity (Wildman–Crippen MR) is 102 cm³/mol. The number of anilines is 2. The maximum atomic E-state index is 12.2. The third-order valence-electron chi connectivity index (χ3n) is 4.20. The molecule has 1 aromatic heterocycles. The summed E-state index contributed by atoms with van der Waals surface area (Å²) in [5.41, 5.74) is 0.690. The Morgan fingerprint density at radius 2 is 2.32 bits per heavy atom. The van der Waals surface area contributed by atoms with Crippen molar-refractivity contribution >= 4 is 28.2 Å². The van der Waals surface area contributed by atoms with E-state index in [-0.39, 0.29) is 6.03 Å². The molecule has 7 heteroatoms. The highest BCUT2D eigenvalue weighted by molar-refractivity contribution is 7.13. The van der Waals surface area contributed by atoms with Crippen molar-refractivity contribution in [3.63, 3.8) is 0 Å². The molecule has 0 bridgehead atoms. The van der Waals surface area contributed by atoms with Crippen LogP contribution in [0.15, 0.2) is 35.8 Å². The molecule has 1 fully saturated rings. The first kappa shape index (κ1) is 17.5. The molecule has 0 spiro atoms. The maximum Gasteiger partial charge on any atom is 0.319 e. The number of aromatic nitrogens is 1. The van der Waals surface area contributed by atoms with Crippen molar-refractivity contribution in [3.8, 4) is 5.75 Å². The van der Waals surface area contributed by atoms with Crippen LogP contribution in [0.4, 0.5) is 15.6 Å². The Morgan fingerprint density at radius 3 is 3.12 bits per heavy atom. The number of rotatable bonds is 6. The number of nitrogens with zero attached hydrogens (tertiary/aromatic N) is 2. The van der Waals surface area contributed by atoms with Crippen LogP contribution in [0.25, 0.3) is 0 Å². The van der Waals surface area contributed by atoms with Gasteiger partial charge in [-0.15, -0.1) is 11.3 Å². The van der Waals surface area contributed by atoms with Crippen LogP contribution in [-0.4, -0.2) is 37.3 Å². The molecule has 0 aliphatic carbocycles. The Kier molecular flexibility index (Phi) is 6.11.